The number of ether oxygens (including phenoxy) is 1. The summed E-state index contributed by atoms with van der Waals surface area (Å²) in [6, 6.07) is 8.16. The summed E-state index contributed by atoms with van der Waals surface area (Å²) < 4.78 is 44.2. The van der Waals surface area contributed by atoms with Gasteiger partial charge in [0, 0.05) is 5.69 Å². The van der Waals surface area contributed by atoms with Crippen molar-refractivity contribution in [1.82, 2.24) is 9.71 Å². The maximum Gasteiger partial charge on any atom is 0.241 e. The lowest BCUT2D eigenvalue weighted by Gasteiger charge is -2.03. The number of benzene rings is 1. The molecule has 2 aromatic rings. The normalized spacial score (nSPS) is 10.7. The Morgan fingerprint density at radius 1 is 1.17 bits per heavy atom. The van der Waals surface area contributed by atoms with Gasteiger partial charge in [0.2, 0.25) is 10.0 Å². The third kappa shape index (κ3) is 5.36. The van der Waals surface area contributed by atoms with E-state index in [1.54, 1.807) is 12.3 Å². The molecule has 0 saturated heterocycles. The van der Waals surface area contributed by atoms with Gasteiger partial charge in [-0.3, -0.25) is 4.98 Å². The second kappa shape index (κ2) is 7.72. The average molecular weight is 334 g/mol. The van der Waals surface area contributed by atoms with Gasteiger partial charge in [-0.05, 0) is 43.3 Å². The predicted molar refractivity (Wildman–Crippen MR) is 83.8 cm³/mol. The topological polar surface area (TPSA) is 68.3 Å². The highest BCUT2D eigenvalue weighted by Crippen LogP contribution is 2.09. The van der Waals surface area contributed by atoms with E-state index in [0.29, 0.717) is 5.75 Å². The van der Waals surface area contributed by atoms with Gasteiger partial charge in [-0.2, -0.15) is 4.72 Å². The maximum atomic E-state index is 12.8. The van der Waals surface area contributed by atoms with E-state index in [4.69, 9.17) is 4.74 Å². The average Bonchev–Trinajstić information content (AvgIpc) is 2.53. The predicted octanol–water partition coefficient (Wildman–Crippen LogP) is 1.89. The summed E-state index contributed by atoms with van der Waals surface area (Å²) in [7, 11) is -3.69. The Morgan fingerprint density at radius 3 is 2.57 bits per heavy atom. The quantitative estimate of drug-likeness (QED) is 0.848. The highest BCUT2D eigenvalue weighted by atomic mass is 32.2. The minimum atomic E-state index is -3.69. The van der Waals surface area contributed by atoms with E-state index in [0.717, 1.165) is 17.8 Å². The Balaban J connectivity index is 1.80. The Labute approximate surface area is 134 Å². The van der Waals surface area contributed by atoms with Crippen LogP contribution in [-0.2, 0) is 10.0 Å². The summed E-state index contributed by atoms with van der Waals surface area (Å²) in [5, 5.41) is 0. The van der Waals surface area contributed by atoms with Crippen molar-refractivity contribution >= 4 is 10.0 Å². The Kier molecular flexibility index (Phi) is 5.68. The molecule has 1 heterocycles. The monoisotopic (exact) mass is 334 g/mol. The van der Waals surface area contributed by atoms with Gasteiger partial charge < -0.3 is 4.74 Å². The van der Waals surface area contributed by atoms with Gasteiger partial charge in [0.25, 0.3) is 0 Å². The lowest BCUT2D eigenvalue weighted by atomic mass is 10.4. The minimum absolute atomic E-state index is 0.0114. The molecule has 1 N–H and O–H groups in total. The van der Waals surface area contributed by atoms with Gasteiger partial charge in [-0.25, -0.2) is 12.8 Å². The fourth-order valence-corrected chi connectivity index (χ4v) is 2.52. The third-order valence-electron chi connectivity index (χ3n) is 2.79. The van der Waals surface area contributed by atoms with E-state index >= 15 is 0 Å². The number of nitrogens with one attached hydrogen (secondary N) is 1. The van der Waals surface area contributed by atoms with Crippen LogP contribution in [0.15, 0.2) is 47.5 Å². The lowest BCUT2D eigenvalue weighted by molar-refractivity contribution is 0.368. The van der Waals surface area contributed by atoms with Crippen LogP contribution in [0.25, 0.3) is 0 Å². The van der Waals surface area contributed by atoms with E-state index in [1.807, 2.05) is 13.0 Å². The van der Waals surface area contributed by atoms with Gasteiger partial charge in [0.1, 0.15) is 18.2 Å². The number of hydrogen-bond donors (Lipinski definition) is 1. The minimum Gasteiger partial charge on any atom is -0.479 e. The first-order chi connectivity index (χ1) is 11.0. The zero-order valence-electron chi connectivity index (χ0n) is 12.4. The zero-order valence-corrected chi connectivity index (χ0v) is 13.2. The van der Waals surface area contributed by atoms with Crippen molar-refractivity contribution in [3.8, 4) is 17.6 Å². The first-order valence-electron chi connectivity index (χ1n) is 6.74. The lowest BCUT2D eigenvalue weighted by Crippen LogP contribution is -2.24. The van der Waals surface area contributed by atoms with Crippen molar-refractivity contribution in [3.05, 3.63) is 54.1 Å². The molecule has 0 unspecified atom stereocenters. The first kappa shape index (κ1) is 16.9. The second-order valence-corrected chi connectivity index (χ2v) is 6.32. The number of hydrogen-bond acceptors (Lipinski definition) is 4. The van der Waals surface area contributed by atoms with Crippen molar-refractivity contribution < 1.29 is 17.5 Å². The van der Waals surface area contributed by atoms with E-state index in [1.165, 1.54) is 12.1 Å². The SMILES string of the molecule is Cc1ccc(OCC#CCNS(=O)(=O)c2ccc(F)cc2)cn1. The molecule has 5 nitrogen and oxygen atoms in total. The smallest absolute Gasteiger partial charge is 0.241 e. The number of pyridine rings is 1. The van der Waals surface area contributed by atoms with E-state index < -0.39 is 15.8 Å². The number of halogens is 1. The van der Waals surface area contributed by atoms with E-state index in [9.17, 15) is 12.8 Å². The number of nitrogens with zero attached hydrogens (tertiary/aromatic N) is 1. The van der Waals surface area contributed by atoms with Crippen molar-refractivity contribution in [1.29, 1.82) is 0 Å². The number of rotatable bonds is 5. The van der Waals surface area contributed by atoms with Crippen LogP contribution in [0.4, 0.5) is 4.39 Å². The van der Waals surface area contributed by atoms with Gasteiger partial charge in [-0.1, -0.05) is 11.8 Å². The molecule has 0 aliphatic rings. The molecule has 0 atom stereocenters. The van der Waals surface area contributed by atoms with Crippen LogP contribution in [0.3, 0.4) is 0 Å². The molecule has 120 valence electrons. The molecule has 23 heavy (non-hydrogen) atoms. The first-order valence-corrected chi connectivity index (χ1v) is 8.22. The second-order valence-electron chi connectivity index (χ2n) is 4.56. The highest BCUT2D eigenvalue weighted by Gasteiger charge is 2.12. The summed E-state index contributed by atoms with van der Waals surface area (Å²) in [6.45, 7) is 1.94. The summed E-state index contributed by atoms with van der Waals surface area (Å²) in [4.78, 5) is 4.06. The molecule has 1 aromatic heterocycles. The van der Waals surface area contributed by atoms with Gasteiger partial charge in [-0.15, -0.1) is 0 Å². The van der Waals surface area contributed by atoms with Gasteiger partial charge in [0.05, 0.1) is 17.6 Å². The van der Waals surface area contributed by atoms with Crippen LogP contribution >= 0.6 is 0 Å². The number of aryl methyl sites for hydroxylation is 1. The van der Waals surface area contributed by atoms with Crippen molar-refractivity contribution in [2.75, 3.05) is 13.2 Å². The summed E-state index contributed by atoms with van der Waals surface area (Å²) in [5.41, 5.74) is 0.888. The highest BCUT2D eigenvalue weighted by molar-refractivity contribution is 7.89. The van der Waals surface area contributed by atoms with Crippen LogP contribution in [0, 0.1) is 24.6 Å². The molecule has 0 aliphatic heterocycles. The molecule has 0 aliphatic carbocycles. The van der Waals surface area contributed by atoms with Crippen LogP contribution in [0.2, 0.25) is 0 Å². The van der Waals surface area contributed by atoms with E-state index in [2.05, 4.69) is 21.5 Å². The molecular formula is C16H15FN2O3S. The summed E-state index contributed by atoms with van der Waals surface area (Å²) in [6.07, 6.45) is 1.59. The van der Waals surface area contributed by atoms with Gasteiger partial charge in [0.15, 0.2) is 0 Å². The Bertz CT molecular complexity index is 807. The fourth-order valence-electron chi connectivity index (χ4n) is 1.60. The Morgan fingerprint density at radius 2 is 1.91 bits per heavy atom. The molecule has 0 radical (unpaired) electrons. The molecule has 0 saturated carbocycles. The zero-order chi connectivity index (χ0) is 16.7. The number of sulfonamides is 1. The molecule has 0 amide bonds. The molecule has 0 bridgehead atoms. The number of aromatic nitrogens is 1. The maximum absolute atomic E-state index is 12.8. The standard InChI is InChI=1S/C16H15FN2O3S/c1-13-4-7-15(12-18-13)22-11-3-2-10-19-23(20,21)16-8-5-14(17)6-9-16/h4-9,12,19H,10-11H2,1H3. The Hall–Kier alpha value is -2.43. The van der Waals surface area contributed by atoms with Crippen LogP contribution in [0.5, 0.6) is 5.75 Å². The molecule has 2 rings (SSSR count). The van der Waals surface area contributed by atoms with Crippen molar-refractivity contribution in [3.63, 3.8) is 0 Å². The largest absolute Gasteiger partial charge is 0.479 e. The van der Waals surface area contributed by atoms with Gasteiger partial charge >= 0.3 is 0 Å². The van der Waals surface area contributed by atoms with E-state index in [-0.39, 0.29) is 18.0 Å². The molecule has 0 spiro atoms. The van der Waals surface area contributed by atoms with Crippen LogP contribution < -0.4 is 9.46 Å². The van der Waals surface area contributed by atoms with Crippen molar-refractivity contribution in [2.24, 2.45) is 0 Å². The van der Waals surface area contributed by atoms with Crippen LogP contribution in [-0.4, -0.2) is 26.6 Å². The van der Waals surface area contributed by atoms with Crippen molar-refractivity contribution in [2.45, 2.75) is 11.8 Å². The summed E-state index contributed by atoms with van der Waals surface area (Å²) in [5.74, 6) is 5.44. The molecule has 7 heteroatoms. The fraction of sp³-hybridized carbons (Fsp3) is 0.188. The van der Waals surface area contributed by atoms with Crippen LogP contribution in [0.1, 0.15) is 5.69 Å². The summed E-state index contributed by atoms with van der Waals surface area (Å²) >= 11 is 0. The molecule has 1 aromatic carbocycles. The molecule has 0 fully saturated rings. The molecular weight excluding hydrogens is 319 g/mol. The third-order valence-corrected chi connectivity index (χ3v) is 4.21.